The fourth-order valence-corrected chi connectivity index (χ4v) is 1.72. The molecule has 0 unspecified atom stereocenters. The number of rotatable bonds is 4. The second kappa shape index (κ2) is 6.99. The number of hydrogen-bond acceptors (Lipinski definition) is 3. The van der Waals surface area contributed by atoms with E-state index < -0.39 is 0 Å². The number of hydrogen-bond donors (Lipinski definition) is 1. The molecule has 0 spiro atoms. The van der Waals surface area contributed by atoms with Crippen LogP contribution in [0, 0.1) is 0 Å². The van der Waals surface area contributed by atoms with Crippen LogP contribution in [0.25, 0.3) is 0 Å². The van der Waals surface area contributed by atoms with Crippen molar-refractivity contribution >= 4 is 28.3 Å². The molecule has 0 atom stereocenters. The van der Waals surface area contributed by atoms with Gasteiger partial charge in [0.25, 0.3) is 0 Å². The first kappa shape index (κ1) is 15.6. The minimum atomic E-state index is 0. The molecule has 1 aromatic carbocycles. The summed E-state index contributed by atoms with van der Waals surface area (Å²) in [6.07, 6.45) is 0.116. The van der Waals surface area contributed by atoms with Crippen molar-refractivity contribution in [3.63, 3.8) is 0 Å². The standard InChI is InChI=1S/C11H16BrNO2.ClH/c1-7(2)15-11-4-8(6-13)9(12)5-10(11)14-3;/h4-5,7H,6,13H2,1-3H3;1H. The Morgan fingerprint density at radius 2 is 1.94 bits per heavy atom. The number of methoxy groups -OCH3 is 1. The topological polar surface area (TPSA) is 44.5 Å². The molecule has 92 valence electrons. The van der Waals surface area contributed by atoms with Gasteiger partial charge < -0.3 is 15.2 Å². The number of nitrogens with two attached hydrogens (primary N) is 1. The van der Waals surface area contributed by atoms with Crippen molar-refractivity contribution in [1.29, 1.82) is 0 Å². The minimum absolute atomic E-state index is 0. The molecule has 0 bridgehead atoms. The molecule has 0 heterocycles. The van der Waals surface area contributed by atoms with E-state index in [1.807, 2.05) is 26.0 Å². The average molecular weight is 311 g/mol. The Morgan fingerprint density at radius 3 is 2.38 bits per heavy atom. The maximum Gasteiger partial charge on any atom is 0.161 e. The van der Waals surface area contributed by atoms with Crippen LogP contribution in [0.15, 0.2) is 16.6 Å². The van der Waals surface area contributed by atoms with Crippen LogP contribution in [0.1, 0.15) is 19.4 Å². The molecule has 0 radical (unpaired) electrons. The van der Waals surface area contributed by atoms with Crippen molar-refractivity contribution < 1.29 is 9.47 Å². The molecule has 1 aromatic rings. The van der Waals surface area contributed by atoms with Gasteiger partial charge in [-0.05, 0) is 31.5 Å². The Labute approximate surface area is 111 Å². The van der Waals surface area contributed by atoms with Crippen LogP contribution >= 0.6 is 28.3 Å². The lowest BCUT2D eigenvalue weighted by molar-refractivity contribution is 0.230. The van der Waals surface area contributed by atoms with E-state index in [1.165, 1.54) is 0 Å². The summed E-state index contributed by atoms with van der Waals surface area (Å²) in [4.78, 5) is 0. The normalized spacial score (nSPS) is 9.88. The first-order valence-corrected chi connectivity index (χ1v) is 5.61. The predicted octanol–water partition coefficient (Wildman–Crippen LogP) is 3.13. The smallest absolute Gasteiger partial charge is 0.161 e. The van der Waals surface area contributed by atoms with Crippen molar-refractivity contribution in [3.05, 3.63) is 22.2 Å². The van der Waals surface area contributed by atoms with Crippen LogP contribution in [0.3, 0.4) is 0 Å². The summed E-state index contributed by atoms with van der Waals surface area (Å²) in [7, 11) is 1.62. The molecule has 0 amide bonds. The molecule has 0 aliphatic heterocycles. The van der Waals surface area contributed by atoms with Gasteiger partial charge in [0.15, 0.2) is 11.5 Å². The molecule has 0 aliphatic rings. The van der Waals surface area contributed by atoms with Gasteiger partial charge in [0, 0.05) is 11.0 Å². The molecular formula is C11H17BrClNO2. The third-order valence-electron chi connectivity index (χ3n) is 1.92. The van der Waals surface area contributed by atoms with Crippen LogP contribution in [0.4, 0.5) is 0 Å². The lowest BCUT2D eigenvalue weighted by Gasteiger charge is -2.15. The summed E-state index contributed by atoms with van der Waals surface area (Å²) in [5, 5.41) is 0. The average Bonchev–Trinajstić information content (AvgIpc) is 2.19. The van der Waals surface area contributed by atoms with Gasteiger partial charge in [-0.25, -0.2) is 0 Å². The van der Waals surface area contributed by atoms with Gasteiger partial charge in [0.1, 0.15) is 0 Å². The zero-order chi connectivity index (χ0) is 11.4. The highest BCUT2D eigenvalue weighted by Crippen LogP contribution is 2.33. The molecule has 0 fully saturated rings. The third kappa shape index (κ3) is 3.85. The number of ether oxygens (including phenoxy) is 2. The van der Waals surface area contributed by atoms with Crippen LogP contribution in [-0.4, -0.2) is 13.2 Å². The zero-order valence-corrected chi connectivity index (χ0v) is 12.0. The SMILES string of the molecule is COc1cc(Br)c(CN)cc1OC(C)C.Cl. The quantitative estimate of drug-likeness (QED) is 0.929. The maximum atomic E-state index is 5.63. The molecule has 2 N–H and O–H groups in total. The molecule has 1 rings (SSSR count). The Kier molecular flexibility index (Phi) is 6.79. The van der Waals surface area contributed by atoms with Gasteiger partial charge in [-0.3, -0.25) is 0 Å². The molecule has 3 nitrogen and oxygen atoms in total. The zero-order valence-electron chi connectivity index (χ0n) is 9.62. The van der Waals surface area contributed by atoms with Gasteiger partial charge >= 0.3 is 0 Å². The summed E-state index contributed by atoms with van der Waals surface area (Å²) >= 11 is 3.43. The van der Waals surface area contributed by atoms with E-state index in [0.717, 1.165) is 15.8 Å². The van der Waals surface area contributed by atoms with Crippen LogP contribution in [-0.2, 0) is 6.54 Å². The fourth-order valence-electron chi connectivity index (χ4n) is 1.24. The summed E-state index contributed by atoms with van der Waals surface area (Å²) in [5.41, 5.74) is 6.62. The number of halogens is 2. The van der Waals surface area contributed by atoms with Gasteiger partial charge in [-0.1, -0.05) is 15.9 Å². The highest BCUT2D eigenvalue weighted by molar-refractivity contribution is 9.10. The Balaban J connectivity index is 0.00000225. The second-order valence-corrected chi connectivity index (χ2v) is 4.32. The van der Waals surface area contributed by atoms with E-state index in [9.17, 15) is 0 Å². The van der Waals surface area contributed by atoms with Gasteiger partial charge in [0.2, 0.25) is 0 Å². The first-order chi connectivity index (χ1) is 7.08. The summed E-state index contributed by atoms with van der Waals surface area (Å²) < 4.78 is 11.8. The van der Waals surface area contributed by atoms with Crippen molar-refractivity contribution in [3.8, 4) is 11.5 Å². The molecule has 16 heavy (non-hydrogen) atoms. The van der Waals surface area contributed by atoms with Crippen molar-refractivity contribution in [2.75, 3.05) is 7.11 Å². The largest absolute Gasteiger partial charge is 0.493 e. The summed E-state index contributed by atoms with van der Waals surface area (Å²) in [6.45, 7) is 4.42. The van der Waals surface area contributed by atoms with Crippen LogP contribution in [0.2, 0.25) is 0 Å². The maximum absolute atomic E-state index is 5.63. The van der Waals surface area contributed by atoms with Crippen LogP contribution < -0.4 is 15.2 Å². The minimum Gasteiger partial charge on any atom is -0.493 e. The lowest BCUT2D eigenvalue weighted by Crippen LogP contribution is -2.08. The third-order valence-corrected chi connectivity index (χ3v) is 2.65. The number of benzene rings is 1. The van der Waals surface area contributed by atoms with E-state index >= 15 is 0 Å². The summed E-state index contributed by atoms with van der Waals surface area (Å²) in [5.74, 6) is 1.45. The lowest BCUT2D eigenvalue weighted by atomic mass is 10.2. The van der Waals surface area contributed by atoms with Crippen molar-refractivity contribution in [2.24, 2.45) is 5.73 Å². The molecule has 0 saturated heterocycles. The Bertz CT molecular complexity index is 345. The van der Waals surface area contributed by atoms with E-state index in [2.05, 4.69) is 15.9 Å². The molecule has 0 saturated carbocycles. The monoisotopic (exact) mass is 309 g/mol. The van der Waals surface area contributed by atoms with E-state index in [-0.39, 0.29) is 18.5 Å². The molecule has 5 heteroatoms. The molecule has 0 aromatic heterocycles. The van der Waals surface area contributed by atoms with E-state index in [4.69, 9.17) is 15.2 Å². The predicted molar refractivity (Wildman–Crippen MR) is 71.6 cm³/mol. The highest BCUT2D eigenvalue weighted by atomic mass is 79.9. The van der Waals surface area contributed by atoms with Gasteiger partial charge in [-0.15, -0.1) is 12.4 Å². The molecular weight excluding hydrogens is 293 g/mol. The van der Waals surface area contributed by atoms with Gasteiger partial charge in [-0.2, -0.15) is 0 Å². The second-order valence-electron chi connectivity index (χ2n) is 3.47. The molecule has 0 aliphatic carbocycles. The van der Waals surface area contributed by atoms with Crippen molar-refractivity contribution in [1.82, 2.24) is 0 Å². The van der Waals surface area contributed by atoms with Gasteiger partial charge in [0.05, 0.1) is 13.2 Å². The van der Waals surface area contributed by atoms with Crippen molar-refractivity contribution in [2.45, 2.75) is 26.5 Å². The Hall–Kier alpha value is -0.450. The Morgan fingerprint density at radius 1 is 1.31 bits per heavy atom. The first-order valence-electron chi connectivity index (χ1n) is 4.81. The fraction of sp³-hybridized carbons (Fsp3) is 0.455. The highest BCUT2D eigenvalue weighted by Gasteiger charge is 2.10. The van der Waals surface area contributed by atoms with E-state index in [1.54, 1.807) is 7.11 Å². The summed E-state index contributed by atoms with van der Waals surface area (Å²) in [6, 6.07) is 3.78. The van der Waals surface area contributed by atoms with Crippen LogP contribution in [0.5, 0.6) is 11.5 Å². The van der Waals surface area contributed by atoms with E-state index in [0.29, 0.717) is 12.3 Å².